The summed E-state index contributed by atoms with van der Waals surface area (Å²) < 4.78 is 8.32. The highest BCUT2D eigenvalue weighted by Gasteiger charge is 2.21. The van der Waals surface area contributed by atoms with Gasteiger partial charge in [-0.1, -0.05) is 18.2 Å². The summed E-state index contributed by atoms with van der Waals surface area (Å²) in [6, 6.07) is 11.9. The van der Waals surface area contributed by atoms with Gasteiger partial charge in [-0.25, -0.2) is 4.68 Å². The van der Waals surface area contributed by atoms with Crippen LogP contribution in [-0.4, -0.2) is 31.8 Å². The molecule has 1 amide bonds. The third-order valence-corrected chi connectivity index (χ3v) is 4.33. The van der Waals surface area contributed by atoms with E-state index in [9.17, 15) is 19.7 Å². The number of amides is 1. The summed E-state index contributed by atoms with van der Waals surface area (Å²) in [6.45, 7) is 2.80. The number of nitro groups is 1. The number of ether oxygens (including phenoxy) is 1. The molecule has 3 aromatic rings. The molecule has 0 fully saturated rings. The predicted octanol–water partition coefficient (Wildman–Crippen LogP) is 2.11. The maximum atomic E-state index is 12.8. The van der Waals surface area contributed by atoms with Gasteiger partial charge in [0.05, 0.1) is 11.4 Å². The quantitative estimate of drug-likeness (QED) is 0.502. The number of carbonyl (C=O) groups is 1. The highest BCUT2D eigenvalue weighted by atomic mass is 16.6. The lowest BCUT2D eigenvalue weighted by molar-refractivity contribution is -0.390. The van der Waals surface area contributed by atoms with Gasteiger partial charge in [0.25, 0.3) is 11.5 Å². The lowest BCUT2D eigenvalue weighted by Crippen LogP contribution is -2.25. The minimum atomic E-state index is -0.680. The monoisotopic (exact) mass is 397 g/mol. The van der Waals surface area contributed by atoms with Crippen LogP contribution >= 0.6 is 0 Å². The average molecular weight is 397 g/mol. The van der Waals surface area contributed by atoms with E-state index < -0.39 is 28.8 Å². The van der Waals surface area contributed by atoms with Crippen LogP contribution in [-0.2, 0) is 11.8 Å². The number of anilines is 1. The second-order valence-corrected chi connectivity index (χ2v) is 6.30. The number of nitrogens with zero attached hydrogens (tertiary/aromatic N) is 4. The van der Waals surface area contributed by atoms with Gasteiger partial charge in [0.1, 0.15) is 11.4 Å². The van der Waals surface area contributed by atoms with E-state index in [-0.39, 0.29) is 11.4 Å². The van der Waals surface area contributed by atoms with Crippen molar-refractivity contribution >= 4 is 17.4 Å². The zero-order valence-corrected chi connectivity index (χ0v) is 16.1. The Hall–Kier alpha value is -3.95. The number of aromatic nitrogens is 3. The number of benzene rings is 1. The Kier molecular flexibility index (Phi) is 5.44. The normalized spacial score (nSPS) is 10.6. The Morgan fingerprint density at radius 1 is 1.21 bits per heavy atom. The molecular formula is C19H19N5O5. The van der Waals surface area contributed by atoms with Crippen molar-refractivity contribution < 1.29 is 14.5 Å². The molecule has 150 valence electrons. The number of hydrogen-bond acceptors (Lipinski definition) is 6. The van der Waals surface area contributed by atoms with Crippen molar-refractivity contribution in [2.24, 2.45) is 7.05 Å². The number of rotatable bonds is 6. The first-order valence-electron chi connectivity index (χ1n) is 8.68. The van der Waals surface area contributed by atoms with Crippen molar-refractivity contribution in [1.82, 2.24) is 14.3 Å². The molecule has 2 aromatic heterocycles. The second kappa shape index (κ2) is 7.97. The largest absolute Gasteiger partial charge is 0.476 e. The summed E-state index contributed by atoms with van der Waals surface area (Å²) in [5.74, 6) is -1.21. The minimum absolute atomic E-state index is 0.112. The van der Waals surface area contributed by atoms with Crippen LogP contribution in [0.1, 0.15) is 11.4 Å². The van der Waals surface area contributed by atoms with Gasteiger partial charge in [-0.3, -0.25) is 14.3 Å². The molecular weight excluding hydrogens is 378 g/mol. The van der Waals surface area contributed by atoms with E-state index in [2.05, 4.69) is 10.3 Å². The zero-order chi connectivity index (χ0) is 21.1. The third-order valence-electron chi connectivity index (χ3n) is 4.33. The summed E-state index contributed by atoms with van der Waals surface area (Å²) in [7, 11) is 1.71. The van der Waals surface area contributed by atoms with E-state index in [1.54, 1.807) is 55.9 Å². The van der Waals surface area contributed by atoms with Crippen LogP contribution < -0.4 is 15.6 Å². The predicted molar refractivity (Wildman–Crippen MR) is 106 cm³/mol. The Bertz CT molecular complexity index is 1130. The second-order valence-electron chi connectivity index (χ2n) is 6.30. The van der Waals surface area contributed by atoms with Gasteiger partial charge in [-0.2, -0.15) is 0 Å². The van der Waals surface area contributed by atoms with Gasteiger partial charge >= 0.3 is 5.82 Å². The van der Waals surface area contributed by atoms with Crippen molar-refractivity contribution in [2.75, 3.05) is 11.9 Å². The molecule has 0 aliphatic heterocycles. The molecule has 0 spiro atoms. The third kappa shape index (κ3) is 4.00. The first-order chi connectivity index (χ1) is 13.8. The zero-order valence-electron chi connectivity index (χ0n) is 16.1. The maximum Gasteiger partial charge on any atom is 0.406 e. The fraction of sp³-hybridized carbons (Fsp3) is 0.211. The lowest BCUT2D eigenvalue weighted by atomic mass is 10.3. The van der Waals surface area contributed by atoms with Crippen LogP contribution in [0.3, 0.4) is 0 Å². The molecule has 10 nitrogen and oxygen atoms in total. The molecule has 0 unspecified atom stereocenters. The van der Waals surface area contributed by atoms with Crippen molar-refractivity contribution in [3.8, 4) is 11.4 Å². The number of hydrogen-bond donors (Lipinski definition) is 1. The highest BCUT2D eigenvalue weighted by molar-refractivity contribution is 5.92. The van der Waals surface area contributed by atoms with E-state index >= 15 is 0 Å². The molecule has 0 aliphatic rings. The van der Waals surface area contributed by atoms with E-state index in [1.807, 2.05) is 6.07 Å². The molecule has 0 saturated carbocycles. The van der Waals surface area contributed by atoms with Crippen LogP contribution in [0.25, 0.3) is 5.69 Å². The van der Waals surface area contributed by atoms with Gasteiger partial charge in [-0.15, -0.1) is 0 Å². The van der Waals surface area contributed by atoms with Crippen LogP contribution in [0.5, 0.6) is 5.75 Å². The van der Waals surface area contributed by atoms with Crippen LogP contribution in [0.2, 0.25) is 0 Å². The number of nitrogens with one attached hydrogen (secondary N) is 1. The van der Waals surface area contributed by atoms with Crippen LogP contribution in [0, 0.1) is 24.0 Å². The summed E-state index contributed by atoms with van der Waals surface area (Å²) >= 11 is 0. The van der Waals surface area contributed by atoms with E-state index in [4.69, 9.17) is 4.74 Å². The summed E-state index contributed by atoms with van der Waals surface area (Å²) in [5, 5.41) is 13.6. The van der Waals surface area contributed by atoms with Gasteiger partial charge in [0.2, 0.25) is 5.75 Å². The molecule has 0 saturated heterocycles. The van der Waals surface area contributed by atoms with Crippen molar-refractivity contribution in [3.63, 3.8) is 0 Å². The average Bonchev–Trinajstić information content (AvgIpc) is 2.90. The molecule has 1 aromatic carbocycles. The minimum Gasteiger partial charge on any atom is -0.476 e. The number of pyridine rings is 1. The Morgan fingerprint density at radius 3 is 2.55 bits per heavy atom. The SMILES string of the molecule is Cc1ccc(OCC(=O)Nc2c(C)n(C)n(-c3ccccc3)c2=O)c([N+](=O)[O-])n1. The Balaban J connectivity index is 1.79. The van der Waals surface area contributed by atoms with E-state index in [1.165, 1.54) is 10.7 Å². The van der Waals surface area contributed by atoms with Gasteiger partial charge in [-0.05, 0) is 41.1 Å². The first-order valence-corrected chi connectivity index (χ1v) is 8.68. The van der Waals surface area contributed by atoms with Gasteiger partial charge in [0, 0.05) is 14.0 Å². The molecule has 3 rings (SSSR count). The molecule has 1 N–H and O–H groups in total. The van der Waals surface area contributed by atoms with Crippen molar-refractivity contribution in [1.29, 1.82) is 0 Å². The van der Waals surface area contributed by atoms with Crippen LogP contribution in [0.15, 0.2) is 47.3 Å². The Labute approximate surface area is 165 Å². The standard InChI is InChI=1S/C19H19N5O5/c1-12-9-10-15(18(20-12)24(27)28)29-11-16(25)21-17-13(2)22(3)23(19(17)26)14-7-5-4-6-8-14/h4-10H,11H2,1-3H3,(H,21,25). The van der Waals surface area contributed by atoms with Crippen molar-refractivity contribution in [3.05, 3.63) is 74.3 Å². The first kappa shape index (κ1) is 19.8. The van der Waals surface area contributed by atoms with E-state index in [0.29, 0.717) is 17.1 Å². The molecule has 10 heteroatoms. The maximum absolute atomic E-state index is 12.8. The van der Waals surface area contributed by atoms with Crippen LogP contribution in [0.4, 0.5) is 11.5 Å². The molecule has 29 heavy (non-hydrogen) atoms. The topological polar surface area (TPSA) is 121 Å². The lowest BCUT2D eigenvalue weighted by Gasteiger charge is -2.07. The molecule has 0 bridgehead atoms. The Morgan fingerprint density at radius 2 is 1.90 bits per heavy atom. The number of para-hydroxylation sites is 1. The van der Waals surface area contributed by atoms with E-state index in [0.717, 1.165) is 0 Å². The molecule has 2 heterocycles. The highest BCUT2D eigenvalue weighted by Crippen LogP contribution is 2.24. The summed E-state index contributed by atoms with van der Waals surface area (Å²) in [4.78, 5) is 39.3. The molecule has 0 aliphatic carbocycles. The van der Waals surface area contributed by atoms with Gasteiger partial charge < -0.3 is 20.2 Å². The summed E-state index contributed by atoms with van der Waals surface area (Å²) in [6.07, 6.45) is 0. The molecule has 0 atom stereocenters. The number of aryl methyl sites for hydroxylation is 1. The van der Waals surface area contributed by atoms with Crippen molar-refractivity contribution in [2.45, 2.75) is 13.8 Å². The number of carbonyl (C=O) groups excluding carboxylic acids is 1. The molecule has 0 radical (unpaired) electrons. The fourth-order valence-corrected chi connectivity index (χ4v) is 2.80. The summed E-state index contributed by atoms with van der Waals surface area (Å²) in [5.41, 5.74) is 1.38. The van der Waals surface area contributed by atoms with Gasteiger partial charge in [0.15, 0.2) is 6.61 Å². The fourth-order valence-electron chi connectivity index (χ4n) is 2.80. The smallest absolute Gasteiger partial charge is 0.406 e.